The molecule has 0 aliphatic heterocycles. The highest BCUT2D eigenvalue weighted by Gasteiger charge is 2.05. The molecule has 0 unspecified atom stereocenters. The Hall–Kier alpha value is -2.34. The fourth-order valence-corrected chi connectivity index (χ4v) is 2.51. The molecular formula is C27H38. The summed E-state index contributed by atoms with van der Waals surface area (Å²) in [6.45, 7) is 14.6. The second-order valence-corrected chi connectivity index (χ2v) is 6.11. The van der Waals surface area contributed by atoms with Crippen LogP contribution >= 0.6 is 0 Å². The van der Waals surface area contributed by atoms with E-state index in [1.165, 1.54) is 16.7 Å². The lowest BCUT2D eigenvalue weighted by Gasteiger charge is -2.11. The molecule has 0 atom stereocenters. The topological polar surface area (TPSA) is 0 Å². The molecule has 3 aromatic rings. The van der Waals surface area contributed by atoms with Crippen molar-refractivity contribution in [2.45, 2.75) is 60.3 Å². The zero-order valence-electron chi connectivity index (χ0n) is 18.3. The largest absolute Gasteiger partial charge is 0.0683 e. The fraction of sp³-hybridized carbons (Fsp3) is 0.333. The maximum atomic E-state index is 2.24. The molecule has 0 heterocycles. The molecule has 0 saturated carbocycles. The SMILES string of the molecule is CC.CC.CC(C)c1ccccc1.CC(c1ccccc1)c1ccccc1. The standard InChI is InChI=1S/C14H14.C9H12.2C2H6/c1-12(13-8-4-2-5-9-13)14-10-6-3-7-11-14;1-8(2)9-6-4-3-5-7-9;2*1-2/h2-12H,1H3;3-8H,1-2H3;2*1-2H3. The Balaban J connectivity index is 0.000000451. The van der Waals surface area contributed by atoms with Gasteiger partial charge in [0.1, 0.15) is 0 Å². The Morgan fingerprint density at radius 1 is 0.407 bits per heavy atom. The first kappa shape index (κ1) is 24.7. The minimum absolute atomic E-state index is 0.484. The van der Waals surface area contributed by atoms with Gasteiger partial charge in [0, 0.05) is 5.92 Å². The van der Waals surface area contributed by atoms with Crippen LogP contribution in [0.3, 0.4) is 0 Å². The van der Waals surface area contributed by atoms with Crippen molar-refractivity contribution >= 4 is 0 Å². The molecule has 0 heteroatoms. The summed E-state index contributed by atoms with van der Waals surface area (Å²) >= 11 is 0. The molecule has 3 rings (SSSR count). The van der Waals surface area contributed by atoms with Gasteiger partial charge in [-0.25, -0.2) is 0 Å². The predicted octanol–water partition coefficient (Wildman–Crippen LogP) is 8.70. The first-order valence-electron chi connectivity index (χ1n) is 10.3. The van der Waals surface area contributed by atoms with Crippen LogP contribution in [0.1, 0.15) is 77.0 Å². The van der Waals surface area contributed by atoms with Crippen molar-refractivity contribution in [3.05, 3.63) is 108 Å². The van der Waals surface area contributed by atoms with E-state index in [2.05, 4.69) is 106 Å². The molecule has 0 saturated heterocycles. The summed E-state index contributed by atoms with van der Waals surface area (Å²) in [6.07, 6.45) is 0. The fourth-order valence-electron chi connectivity index (χ4n) is 2.51. The van der Waals surface area contributed by atoms with Crippen LogP contribution in [-0.2, 0) is 0 Å². The van der Waals surface area contributed by atoms with Gasteiger partial charge in [0.05, 0.1) is 0 Å². The van der Waals surface area contributed by atoms with Gasteiger partial charge in [0.25, 0.3) is 0 Å². The Bertz CT molecular complexity index is 615. The van der Waals surface area contributed by atoms with Crippen molar-refractivity contribution in [1.29, 1.82) is 0 Å². The second kappa shape index (κ2) is 15.9. The van der Waals surface area contributed by atoms with Crippen LogP contribution in [0, 0.1) is 0 Å². The lowest BCUT2D eigenvalue weighted by molar-refractivity contribution is 0.867. The highest BCUT2D eigenvalue weighted by Crippen LogP contribution is 2.22. The third-order valence-electron chi connectivity index (χ3n) is 4.07. The highest BCUT2D eigenvalue weighted by molar-refractivity contribution is 5.31. The van der Waals surface area contributed by atoms with Crippen LogP contribution < -0.4 is 0 Å². The first-order chi connectivity index (χ1) is 13.2. The van der Waals surface area contributed by atoms with Gasteiger partial charge < -0.3 is 0 Å². The molecule has 0 amide bonds. The molecule has 0 radical (unpaired) electrons. The quantitative estimate of drug-likeness (QED) is 0.437. The number of rotatable bonds is 3. The molecule has 0 aromatic heterocycles. The summed E-state index contributed by atoms with van der Waals surface area (Å²) in [5.41, 5.74) is 4.16. The molecule has 0 aliphatic rings. The van der Waals surface area contributed by atoms with Crippen molar-refractivity contribution in [3.63, 3.8) is 0 Å². The molecule has 0 aliphatic carbocycles. The third kappa shape index (κ3) is 9.80. The van der Waals surface area contributed by atoms with Gasteiger partial charge in [-0.3, -0.25) is 0 Å². The van der Waals surface area contributed by atoms with E-state index in [4.69, 9.17) is 0 Å². The van der Waals surface area contributed by atoms with Gasteiger partial charge in [-0.2, -0.15) is 0 Å². The highest BCUT2D eigenvalue weighted by atomic mass is 14.1. The van der Waals surface area contributed by atoms with Crippen molar-refractivity contribution in [2.75, 3.05) is 0 Å². The van der Waals surface area contributed by atoms with Crippen LogP contribution in [0.25, 0.3) is 0 Å². The summed E-state index contributed by atoms with van der Waals surface area (Å²) in [5.74, 6) is 1.14. The van der Waals surface area contributed by atoms with Gasteiger partial charge >= 0.3 is 0 Å². The van der Waals surface area contributed by atoms with Gasteiger partial charge in [-0.05, 0) is 22.6 Å². The Labute approximate surface area is 168 Å². The second-order valence-electron chi connectivity index (χ2n) is 6.11. The van der Waals surface area contributed by atoms with Crippen LogP contribution in [0.15, 0.2) is 91.0 Å². The molecule has 27 heavy (non-hydrogen) atoms. The molecule has 0 nitrogen and oxygen atoms in total. The zero-order valence-corrected chi connectivity index (χ0v) is 18.3. The predicted molar refractivity (Wildman–Crippen MR) is 124 cm³/mol. The molecule has 0 fully saturated rings. The number of benzene rings is 3. The average Bonchev–Trinajstić information content (AvgIpc) is 2.78. The summed E-state index contributed by atoms with van der Waals surface area (Å²) in [5, 5.41) is 0. The maximum absolute atomic E-state index is 2.24. The van der Waals surface area contributed by atoms with E-state index in [9.17, 15) is 0 Å². The average molecular weight is 363 g/mol. The van der Waals surface area contributed by atoms with E-state index < -0.39 is 0 Å². The smallest absolute Gasteiger partial charge is 0.00610 e. The Kier molecular flexibility index (Phi) is 14.5. The molecule has 146 valence electrons. The lowest BCUT2D eigenvalue weighted by Crippen LogP contribution is -1.94. The normalized spacial score (nSPS) is 9.22. The van der Waals surface area contributed by atoms with E-state index in [1.807, 2.05) is 33.8 Å². The van der Waals surface area contributed by atoms with Crippen molar-refractivity contribution in [1.82, 2.24) is 0 Å². The monoisotopic (exact) mass is 362 g/mol. The van der Waals surface area contributed by atoms with Crippen molar-refractivity contribution in [3.8, 4) is 0 Å². The van der Waals surface area contributed by atoms with Crippen LogP contribution in [0.5, 0.6) is 0 Å². The molecule has 0 spiro atoms. The third-order valence-corrected chi connectivity index (χ3v) is 4.07. The minimum Gasteiger partial charge on any atom is -0.0683 e. The Morgan fingerprint density at radius 3 is 0.889 bits per heavy atom. The van der Waals surface area contributed by atoms with Gasteiger partial charge in [-0.1, -0.05) is 139 Å². The van der Waals surface area contributed by atoms with Crippen molar-refractivity contribution < 1.29 is 0 Å². The lowest BCUT2D eigenvalue weighted by atomic mass is 9.93. The van der Waals surface area contributed by atoms with Crippen LogP contribution in [0.4, 0.5) is 0 Å². The maximum Gasteiger partial charge on any atom is 0.00610 e. The van der Waals surface area contributed by atoms with E-state index in [0.717, 1.165) is 0 Å². The molecular weight excluding hydrogens is 324 g/mol. The Morgan fingerprint density at radius 2 is 0.667 bits per heavy atom. The van der Waals surface area contributed by atoms with Gasteiger partial charge in [-0.15, -0.1) is 0 Å². The molecule has 0 bridgehead atoms. The van der Waals surface area contributed by atoms with Crippen molar-refractivity contribution in [2.24, 2.45) is 0 Å². The van der Waals surface area contributed by atoms with Gasteiger partial charge in [0.2, 0.25) is 0 Å². The minimum atomic E-state index is 0.484. The molecule has 3 aromatic carbocycles. The number of hydrogen-bond donors (Lipinski definition) is 0. The van der Waals surface area contributed by atoms with E-state index >= 15 is 0 Å². The number of hydrogen-bond acceptors (Lipinski definition) is 0. The summed E-state index contributed by atoms with van der Waals surface area (Å²) < 4.78 is 0. The van der Waals surface area contributed by atoms with Gasteiger partial charge in [0.15, 0.2) is 0 Å². The molecule has 0 N–H and O–H groups in total. The summed E-state index contributed by atoms with van der Waals surface area (Å²) in [6, 6.07) is 31.7. The zero-order chi connectivity index (χ0) is 20.5. The first-order valence-corrected chi connectivity index (χ1v) is 10.3. The van der Waals surface area contributed by atoms with E-state index in [1.54, 1.807) is 0 Å². The van der Waals surface area contributed by atoms with Crippen LogP contribution in [-0.4, -0.2) is 0 Å². The summed E-state index contributed by atoms with van der Waals surface area (Å²) in [4.78, 5) is 0. The summed E-state index contributed by atoms with van der Waals surface area (Å²) in [7, 11) is 0. The van der Waals surface area contributed by atoms with E-state index in [0.29, 0.717) is 11.8 Å². The van der Waals surface area contributed by atoms with E-state index in [-0.39, 0.29) is 0 Å². The van der Waals surface area contributed by atoms with Crippen LogP contribution in [0.2, 0.25) is 0 Å².